The molecule has 0 atom stereocenters. The Morgan fingerprint density at radius 3 is 2.35 bits per heavy atom. The van der Waals surface area contributed by atoms with Gasteiger partial charge in [-0.3, -0.25) is 4.79 Å². The van der Waals surface area contributed by atoms with Gasteiger partial charge < -0.3 is 4.42 Å². The number of furan rings is 1. The highest BCUT2D eigenvalue weighted by Crippen LogP contribution is 2.23. The molecule has 1 aromatic heterocycles. The highest BCUT2D eigenvalue weighted by atomic mass is 35.5. The molecular weight excluding hydrogens is 315 g/mol. The molecule has 114 valence electrons. The van der Waals surface area contributed by atoms with Crippen LogP contribution in [0.15, 0.2) is 71.2 Å². The summed E-state index contributed by atoms with van der Waals surface area (Å²) in [6.07, 6.45) is 3.04. The molecule has 2 aromatic carbocycles. The van der Waals surface area contributed by atoms with E-state index in [9.17, 15) is 9.18 Å². The predicted octanol–water partition coefficient (Wildman–Crippen LogP) is 5.64. The van der Waals surface area contributed by atoms with E-state index in [1.54, 1.807) is 54.6 Å². The molecule has 0 saturated heterocycles. The number of rotatable bonds is 4. The normalized spacial score (nSPS) is 11.0. The Hall–Kier alpha value is -2.65. The number of hydrogen-bond donors (Lipinski definition) is 0. The van der Waals surface area contributed by atoms with Crippen molar-refractivity contribution in [2.75, 3.05) is 0 Å². The molecule has 0 aliphatic carbocycles. The number of allylic oxidation sites excluding steroid dienone is 1. The van der Waals surface area contributed by atoms with Crippen LogP contribution in [0.1, 0.15) is 16.1 Å². The maximum absolute atomic E-state index is 12.9. The second-order valence-electron chi connectivity index (χ2n) is 4.91. The monoisotopic (exact) mass is 326 g/mol. The molecule has 4 heteroatoms. The molecule has 23 heavy (non-hydrogen) atoms. The smallest absolute Gasteiger partial charge is 0.185 e. The van der Waals surface area contributed by atoms with Gasteiger partial charge in [0.25, 0.3) is 0 Å². The summed E-state index contributed by atoms with van der Waals surface area (Å²) in [7, 11) is 0. The molecule has 2 nitrogen and oxygen atoms in total. The highest BCUT2D eigenvalue weighted by molar-refractivity contribution is 6.30. The molecular formula is C19H12ClFO2. The quantitative estimate of drug-likeness (QED) is 0.459. The zero-order chi connectivity index (χ0) is 16.2. The summed E-state index contributed by atoms with van der Waals surface area (Å²) >= 11 is 5.79. The van der Waals surface area contributed by atoms with Crippen molar-refractivity contribution >= 4 is 23.5 Å². The van der Waals surface area contributed by atoms with Gasteiger partial charge in [0.15, 0.2) is 5.78 Å². The third-order valence-electron chi connectivity index (χ3n) is 3.28. The first kappa shape index (κ1) is 15.3. The predicted molar refractivity (Wildman–Crippen MR) is 88.9 cm³/mol. The van der Waals surface area contributed by atoms with Gasteiger partial charge in [0.05, 0.1) is 0 Å². The van der Waals surface area contributed by atoms with Gasteiger partial charge in [-0.1, -0.05) is 11.6 Å². The van der Waals surface area contributed by atoms with Crippen LogP contribution < -0.4 is 0 Å². The van der Waals surface area contributed by atoms with Gasteiger partial charge in [-0.25, -0.2) is 4.39 Å². The minimum atomic E-state index is -0.297. The fourth-order valence-corrected chi connectivity index (χ4v) is 2.21. The second-order valence-corrected chi connectivity index (χ2v) is 5.35. The van der Waals surface area contributed by atoms with E-state index in [2.05, 4.69) is 0 Å². The van der Waals surface area contributed by atoms with Crippen LogP contribution in [0.5, 0.6) is 0 Å². The zero-order valence-electron chi connectivity index (χ0n) is 12.0. The lowest BCUT2D eigenvalue weighted by atomic mass is 10.1. The Labute approximate surface area is 137 Å². The number of benzene rings is 2. The largest absolute Gasteiger partial charge is 0.457 e. The second kappa shape index (κ2) is 6.63. The number of carbonyl (C=O) groups excluding carboxylic acids is 1. The molecule has 0 unspecified atom stereocenters. The minimum Gasteiger partial charge on any atom is -0.457 e. The van der Waals surface area contributed by atoms with Crippen molar-refractivity contribution in [2.45, 2.75) is 0 Å². The van der Waals surface area contributed by atoms with Crippen LogP contribution in [-0.2, 0) is 0 Å². The number of halogens is 2. The standard InChI is InChI=1S/C19H12ClFO2/c20-15-5-1-13(2-6-15)18(22)11-9-17-10-12-19(23-17)14-3-7-16(21)8-4-14/h1-12H/b11-9+. The SMILES string of the molecule is O=C(/C=C/c1ccc(-c2ccc(F)cc2)o1)c1ccc(Cl)cc1. The molecule has 0 fully saturated rings. The van der Waals surface area contributed by atoms with Crippen LogP contribution in [0.25, 0.3) is 17.4 Å². The number of hydrogen-bond acceptors (Lipinski definition) is 2. The lowest BCUT2D eigenvalue weighted by Gasteiger charge is -1.96. The van der Waals surface area contributed by atoms with E-state index in [1.807, 2.05) is 0 Å². The van der Waals surface area contributed by atoms with Crippen molar-refractivity contribution in [2.24, 2.45) is 0 Å². The summed E-state index contributed by atoms with van der Waals surface area (Å²) in [5.74, 6) is 0.727. The molecule has 0 amide bonds. The molecule has 0 aliphatic heterocycles. The summed E-state index contributed by atoms with van der Waals surface area (Å²) in [5, 5.41) is 0.584. The number of ketones is 1. The van der Waals surface area contributed by atoms with E-state index < -0.39 is 0 Å². The van der Waals surface area contributed by atoms with Gasteiger partial charge in [-0.05, 0) is 72.8 Å². The van der Waals surface area contributed by atoms with Gasteiger partial charge in [0.2, 0.25) is 0 Å². The first-order valence-electron chi connectivity index (χ1n) is 6.95. The van der Waals surface area contributed by atoms with Crippen molar-refractivity contribution < 1.29 is 13.6 Å². The Balaban J connectivity index is 1.74. The van der Waals surface area contributed by atoms with Gasteiger partial charge in [0, 0.05) is 16.1 Å². The first-order valence-corrected chi connectivity index (χ1v) is 7.33. The average Bonchev–Trinajstić information content (AvgIpc) is 3.03. The van der Waals surface area contributed by atoms with Crippen LogP contribution >= 0.6 is 11.6 Å². The van der Waals surface area contributed by atoms with Crippen LogP contribution in [-0.4, -0.2) is 5.78 Å². The molecule has 0 saturated carbocycles. The lowest BCUT2D eigenvalue weighted by molar-refractivity contribution is 0.104. The molecule has 3 aromatic rings. The van der Waals surface area contributed by atoms with Crippen LogP contribution in [0, 0.1) is 5.82 Å². The third-order valence-corrected chi connectivity index (χ3v) is 3.54. The van der Waals surface area contributed by atoms with E-state index in [4.69, 9.17) is 16.0 Å². The van der Waals surface area contributed by atoms with Gasteiger partial charge in [-0.2, -0.15) is 0 Å². The average molecular weight is 327 g/mol. The Morgan fingerprint density at radius 2 is 1.65 bits per heavy atom. The Bertz CT molecular complexity index is 846. The Kier molecular flexibility index (Phi) is 4.40. The van der Waals surface area contributed by atoms with Crippen LogP contribution in [0.2, 0.25) is 5.02 Å². The van der Waals surface area contributed by atoms with Gasteiger partial charge in [0.1, 0.15) is 17.3 Å². The van der Waals surface area contributed by atoms with Crippen molar-refractivity contribution in [3.05, 3.63) is 88.9 Å². The molecule has 0 radical (unpaired) electrons. The van der Waals surface area contributed by atoms with Crippen molar-refractivity contribution in [3.63, 3.8) is 0 Å². The van der Waals surface area contributed by atoms with E-state index >= 15 is 0 Å². The molecule has 3 rings (SSSR count). The van der Waals surface area contributed by atoms with E-state index in [0.717, 1.165) is 5.56 Å². The van der Waals surface area contributed by atoms with Crippen LogP contribution in [0.4, 0.5) is 4.39 Å². The topological polar surface area (TPSA) is 30.2 Å². The Morgan fingerprint density at radius 1 is 0.957 bits per heavy atom. The zero-order valence-corrected chi connectivity index (χ0v) is 12.8. The number of carbonyl (C=O) groups is 1. The third kappa shape index (κ3) is 3.76. The highest BCUT2D eigenvalue weighted by Gasteiger charge is 2.05. The van der Waals surface area contributed by atoms with E-state index in [1.165, 1.54) is 18.2 Å². The summed E-state index contributed by atoms with van der Waals surface area (Å²) in [6.45, 7) is 0. The fourth-order valence-electron chi connectivity index (χ4n) is 2.08. The molecule has 1 heterocycles. The summed E-state index contributed by atoms with van der Waals surface area (Å²) in [4.78, 5) is 12.0. The molecule has 0 bridgehead atoms. The van der Waals surface area contributed by atoms with Crippen molar-refractivity contribution in [1.29, 1.82) is 0 Å². The summed E-state index contributed by atoms with van der Waals surface area (Å²) < 4.78 is 18.5. The maximum Gasteiger partial charge on any atom is 0.185 e. The van der Waals surface area contributed by atoms with Crippen LogP contribution in [0.3, 0.4) is 0 Å². The summed E-state index contributed by atoms with van der Waals surface area (Å²) in [6, 6.07) is 16.2. The van der Waals surface area contributed by atoms with Crippen molar-refractivity contribution in [3.8, 4) is 11.3 Å². The van der Waals surface area contributed by atoms with E-state index in [-0.39, 0.29) is 11.6 Å². The van der Waals surface area contributed by atoms with E-state index in [0.29, 0.717) is 22.1 Å². The van der Waals surface area contributed by atoms with Crippen molar-refractivity contribution in [1.82, 2.24) is 0 Å². The fraction of sp³-hybridized carbons (Fsp3) is 0. The molecule has 0 aliphatic rings. The maximum atomic E-state index is 12.9. The minimum absolute atomic E-state index is 0.138. The van der Waals surface area contributed by atoms with Gasteiger partial charge in [-0.15, -0.1) is 0 Å². The molecule has 0 N–H and O–H groups in total. The molecule has 0 spiro atoms. The first-order chi connectivity index (χ1) is 11.1. The lowest BCUT2D eigenvalue weighted by Crippen LogP contribution is -1.92. The van der Waals surface area contributed by atoms with Gasteiger partial charge >= 0.3 is 0 Å². The summed E-state index contributed by atoms with van der Waals surface area (Å²) in [5.41, 5.74) is 1.33.